The maximum atomic E-state index is 5.01. The van der Waals surface area contributed by atoms with Crippen LogP contribution in [0, 0.1) is 6.92 Å². The second-order valence-corrected chi connectivity index (χ2v) is 5.53. The predicted octanol–water partition coefficient (Wildman–Crippen LogP) is 4.54. The largest absolute Gasteiger partial charge is 0.385 e. The molecule has 0 aliphatic heterocycles. The normalized spacial score (nSPS) is 11.1. The van der Waals surface area contributed by atoms with Crippen molar-refractivity contribution in [3.8, 4) is 0 Å². The van der Waals surface area contributed by atoms with Crippen molar-refractivity contribution in [2.45, 2.75) is 13.3 Å². The molecule has 0 heterocycles. The minimum absolute atomic E-state index is 0. The van der Waals surface area contributed by atoms with E-state index in [0.717, 1.165) is 34.9 Å². The van der Waals surface area contributed by atoms with Gasteiger partial charge in [0, 0.05) is 30.4 Å². The molecule has 1 aromatic rings. The van der Waals surface area contributed by atoms with E-state index in [1.807, 2.05) is 12.3 Å². The highest BCUT2D eigenvalue weighted by molar-refractivity contribution is 14.0. The number of benzene rings is 1. The first-order valence-electron chi connectivity index (χ1n) is 5.78. The van der Waals surface area contributed by atoms with Gasteiger partial charge in [-0.15, -0.1) is 24.0 Å². The molecule has 0 aliphatic carbocycles. The van der Waals surface area contributed by atoms with Crippen molar-refractivity contribution in [3.05, 3.63) is 28.2 Å². The molecule has 3 nitrogen and oxygen atoms in total. The van der Waals surface area contributed by atoms with Gasteiger partial charge in [0.1, 0.15) is 0 Å². The van der Waals surface area contributed by atoms with Crippen LogP contribution in [0.5, 0.6) is 0 Å². The third-order valence-corrected chi connectivity index (χ3v) is 3.50. The van der Waals surface area contributed by atoms with E-state index < -0.39 is 0 Å². The number of halogens is 2. The summed E-state index contributed by atoms with van der Waals surface area (Å²) in [6, 6.07) is 6.17. The summed E-state index contributed by atoms with van der Waals surface area (Å²) >= 11 is 5.08. The lowest BCUT2D eigenvalue weighted by atomic mass is 10.2. The summed E-state index contributed by atoms with van der Waals surface area (Å²) in [5.41, 5.74) is 2.29. The number of nitrogens with zero attached hydrogens (tertiary/aromatic N) is 1. The van der Waals surface area contributed by atoms with Crippen molar-refractivity contribution < 1.29 is 4.74 Å². The molecule has 1 N–H and O–H groups in total. The van der Waals surface area contributed by atoms with Gasteiger partial charge >= 0.3 is 0 Å². The maximum Gasteiger partial charge on any atom is 0.160 e. The number of rotatable bonds is 5. The Bertz CT molecular complexity index is 416. The van der Waals surface area contributed by atoms with Crippen molar-refractivity contribution in [1.82, 2.24) is 0 Å². The number of aryl methyl sites for hydroxylation is 1. The number of anilines is 1. The van der Waals surface area contributed by atoms with E-state index >= 15 is 0 Å². The molecule has 0 atom stereocenters. The summed E-state index contributed by atoms with van der Waals surface area (Å²) in [6.07, 6.45) is 2.97. The highest BCUT2D eigenvalue weighted by Gasteiger charge is 2.02. The molecule has 0 aliphatic rings. The van der Waals surface area contributed by atoms with E-state index in [1.54, 1.807) is 18.9 Å². The van der Waals surface area contributed by atoms with Gasteiger partial charge in [-0.2, -0.15) is 0 Å². The number of methoxy groups -OCH3 is 1. The van der Waals surface area contributed by atoms with Crippen LogP contribution < -0.4 is 5.32 Å². The Morgan fingerprint density at radius 1 is 1.47 bits per heavy atom. The molecule has 108 valence electrons. The molecule has 1 aromatic carbocycles. The third-order valence-electron chi connectivity index (χ3n) is 2.39. The van der Waals surface area contributed by atoms with Crippen molar-refractivity contribution in [2.24, 2.45) is 4.99 Å². The zero-order valence-corrected chi connectivity index (χ0v) is 16.1. The number of hydrogen-bond acceptors (Lipinski definition) is 3. The van der Waals surface area contributed by atoms with Gasteiger partial charge in [0.2, 0.25) is 0 Å². The number of thioether (sulfide) groups is 1. The molecule has 0 bridgehead atoms. The topological polar surface area (TPSA) is 33.6 Å². The highest BCUT2D eigenvalue weighted by Crippen LogP contribution is 2.21. The fraction of sp³-hybridized carbons (Fsp3) is 0.462. The first-order chi connectivity index (χ1) is 8.67. The van der Waals surface area contributed by atoms with E-state index in [-0.39, 0.29) is 24.0 Å². The van der Waals surface area contributed by atoms with Crippen LogP contribution >= 0.6 is 51.7 Å². The number of aliphatic imine (C=N–C) groups is 1. The minimum Gasteiger partial charge on any atom is -0.385 e. The minimum atomic E-state index is 0. The summed E-state index contributed by atoms with van der Waals surface area (Å²) in [5, 5.41) is 4.29. The van der Waals surface area contributed by atoms with Crippen LogP contribution in [0.1, 0.15) is 12.0 Å². The van der Waals surface area contributed by atoms with Gasteiger partial charge in [0.15, 0.2) is 5.17 Å². The first-order valence-corrected chi connectivity index (χ1v) is 7.79. The van der Waals surface area contributed by atoms with Gasteiger partial charge in [0.25, 0.3) is 0 Å². The molecular weight excluding hydrogens is 439 g/mol. The van der Waals surface area contributed by atoms with Gasteiger partial charge in [-0.3, -0.25) is 4.99 Å². The van der Waals surface area contributed by atoms with E-state index in [0.29, 0.717) is 0 Å². The molecule has 0 saturated carbocycles. The summed E-state index contributed by atoms with van der Waals surface area (Å²) in [7, 11) is 1.71. The lowest BCUT2D eigenvalue weighted by Crippen LogP contribution is -2.09. The first kappa shape index (κ1) is 19.2. The summed E-state index contributed by atoms with van der Waals surface area (Å²) in [5.74, 6) is 0. The van der Waals surface area contributed by atoms with Crippen molar-refractivity contribution in [1.29, 1.82) is 0 Å². The number of amidine groups is 1. The van der Waals surface area contributed by atoms with Crippen molar-refractivity contribution >= 4 is 62.5 Å². The SMILES string of the molecule is COCCCN=C(Nc1ccc(Br)cc1C)SC.I. The third kappa shape index (κ3) is 7.53. The quantitative estimate of drug-likeness (QED) is 0.304. The van der Waals surface area contributed by atoms with Crippen LogP contribution in [0.25, 0.3) is 0 Å². The second-order valence-electron chi connectivity index (χ2n) is 3.82. The van der Waals surface area contributed by atoms with Crippen LogP contribution in [0.4, 0.5) is 5.69 Å². The highest BCUT2D eigenvalue weighted by atomic mass is 127. The standard InChI is InChI=1S/C13H19BrN2OS.HI/c1-10-9-11(14)5-6-12(10)16-13(18-3)15-7-4-8-17-2;/h5-6,9H,4,7-8H2,1-3H3,(H,15,16);1H. The van der Waals surface area contributed by atoms with Gasteiger partial charge in [-0.25, -0.2) is 0 Å². The Balaban J connectivity index is 0.00000324. The van der Waals surface area contributed by atoms with Gasteiger partial charge in [-0.05, 0) is 43.4 Å². The monoisotopic (exact) mass is 458 g/mol. The molecular formula is C13H20BrIN2OS. The molecule has 0 aromatic heterocycles. The fourth-order valence-electron chi connectivity index (χ4n) is 1.43. The summed E-state index contributed by atoms with van der Waals surface area (Å²) in [4.78, 5) is 4.52. The fourth-order valence-corrected chi connectivity index (χ4v) is 2.34. The average Bonchev–Trinajstić information content (AvgIpc) is 2.35. The predicted molar refractivity (Wildman–Crippen MR) is 100 cm³/mol. The zero-order chi connectivity index (χ0) is 13.4. The Labute approximate surface area is 145 Å². The van der Waals surface area contributed by atoms with Gasteiger partial charge in [0.05, 0.1) is 0 Å². The smallest absolute Gasteiger partial charge is 0.160 e. The van der Waals surface area contributed by atoms with Crippen LogP contribution in [0.15, 0.2) is 27.7 Å². The molecule has 0 radical (unpaired) electrons. The molecule has 0 spiro atoms. The number of ether oxygens (including phenoxy) is 1. The van der Waals surface area contributed by atoms with E-state index in [1.165, 1.54) is 5.56 Å². The molecule has 1 rings (SSSR count). The Hall–Kier alpha value is 0.210. The van der Waals surface area contributed by atoms with Gasteiger partial charge < -0.3 is 10.1 Å². The zero-order valence-electron chi connectivity index (χ0n) is 11.4. The van der Waals surface area contributed by atoms with Crippen molar-refractivity contribution in [3.63, 3.8) is 0 Å². The molecule has 0 amide bonds. The molecule has 6 heteroatoms. The Morgan fingerprint density at radius 3 is 2.79 bits per heavy atom. The Kier molecular flexibility index (Phi) is 11.1. The van der Waals surface area contributed by atoms with Crippen LogP contribution in [-0.2, 0) is 4.74 Å². The van der Waals surface area contributed by atoms with E-state index in [9.17, 15) is 0 Å². The molecule has 0 unspecified atom stereocenters. The van der Waals surface area contributed by atoms with Gasteiger partial charge in [-0.1, -0.05) is 27.7 Å². The molecule has 0 fully saturated rings. The maximum absolute atomic E-state index is 5.01. The van der Waals surface area contributed by atoms with E-state index in [2.05, 4.69) is 45.3 Å². The molecule has 19 heavy (non-hydrogen) atoms. The molecule has 0 saturated heterocycles. The van der Waals surface area contributed by atoms with Crippen LogP contribution in [0.2, 0.25) is 0 Å². The second kappa shape index (κ2) is 10.9. The number of hydrogen-bond donors (Lipinski definition) is 1. The average molecular weight is 459 g/mol. The van der Waals surface area contributed by atoms with Crippen LogP contribution in [0.3, 0.4) is 0 Å². The lowest BCUT2D eigenvalue weighted by molar-refractivity contribution is 0.197. The summed E-state index contributed by atoms with van der Waals surface area (Å²) in [6.45, 7) is 3.62. The number of nitrogens with one attached hydrogen (secondary N) is 1. The lowest BCUT2D eigenvalue weighted by Gasteiger charge is -2.10. The van der Waals surface area contributed by atoms with E-state index in [4.69, 9.17) is 4.74 Å². The summed E-state index contributed by atoms with van der Waals surface area (Å²) < 4.78 is 6.10. The Morgan fingerprint density at radius 2 is 2.21 bits per heavy atom. The van der Waals surface area contributed by atoms with Crippen LogP contribution in [-0.4, -0.2) is 31.7 Å². The van der Waals surface area contributed by atoms with Crippen molar-refractivity contribution in [2.75, 3.05) is 31.8 Å².